The molecule has 11 heavy (non-hydrogen) atoms. The SMILES string of the molecule is O=C(CCF)N1CCCCC1. The smallest absolute Gasteiger partial charge is 0.225 e. The van der Waals surface area contributed by atoms with E-state index in [1.807, 2.05) is 0 Å². The second-order valence-corrected chi connectivity index (χ2v) is 2.88. The molecular weight excluding hydrogens is 145 g/mol. The van der Waals surface area contributed by atoms with E-state index in [9.17, 15) is 9.18 Å². The van der Waals surface area contributed by atoms with Crippen LogP contribution in [-0.2, 0) is 4.79 Å². The predicted octanol–water partition coefficient (Wildman–Crippen LogP) is 1.36. The Morgan fingerprint density at radius 3 is 2.45 bits per heavy atom. The maximum atomic E-state index is 11.8. The third-order valence-electron chi connectivity index (χ3n) is 2.02. The molecular formula is C8H14FNO. The Kier molecular flexibility index (Phi) is 3.33. The van der Waals surface area contributed by atoms with Gasteiger partial charge in [0.15, 0.2) is 0 Å². The third-order valence-corrected chi connectivity index (χ3v) is 2.02. The Bertz CT molecular complexity index is 132. The van der Waals surface area contributed by atoms with Gasteiger partial charge < -0.3 is 4.90 Å². The molecule has 0 N–H and O–H groups in total. The average molecular weight is 159 g/mol. The van der Waals surface area contributed by atoms with Crippen LogP contribution in [-0.4, -0.2) is 30.6 Å². The van der Waals surface area contributed by atoms with Gasteiger partial charge in [0.2, 0.25) is 5.91 Å². The summed E-state index contributed by atoms with van der Waals surface area (Å²) < 4.78 is 11.8. The summed E-state index contributed by atoms with van der Waals surface area (Å²) in [6.45, 7) is 1.15. The number of carbonyl (C=O) groups is 1. The van der Waals surface area contributed by atoms with Crippen LogP contribution in [0.25, 0.3) is 0 Å². The summed E-state index contributed by atoms with van der Waals surface area (Å²) in [5.74, 6) is -0.0211. The minimum Gasteiger partial charge on any atom is -0.343 e. The number of carbonyl (C=O) groups excluding carboxylic acids is 1. The fraction of sp³-hybridized carbons (Fsp3) is 0.875. The fourth-order valence-electron chi connectivity index (χ4n) is 1.38. The average Bonchev–Trinajstić information content (AvgIpc) is 2.07. The van der Waals surface area contributed by atoms with E-state index < -0.39 is 6.67 Å². The van der Waals surface area contributed by atoms with Crippen molar-refractivity contribution in [1.29, 1.82) is 0 Å². The van der Waals surface area contributed by atoms with Crippen molar-refractivity contribution in [2.75, 3.05) is 19.8 Å². The Hall–Kier alpha value is -0.600. The highest BCUT2D eigenvalue weighted by Gasteiger charge is 2.15. The Morgan fingerprint density at radius 1 is 1.27 bits per heavy atom. The molecule has 0 atom stereocenters. The molecule has 0 bridgehead atoms. The molecule has 0 aliphatic carbocycles. The largest absolute Gasteiger partial charge is 0.343 e. The van der Waals surface area contributed by atoms with Gasteiger partial charge in [-0.15, -0.1) is 0 Å². The lowest BCUT2D eigenvalue weighted by Crippen LogP contribution is -2.35. The monoisotopic (exact) mass is 159 g/mol. The second-order valence-electron chi connectivity index (χ2n) is 2.88. The summed E-state index contributed by atoms with van der Waals surface area (Å²) in [4.78, 5) is 12.9. The van der Waals surface area contributed by atoms with E-state index in [1.54, 1.807) is 4.90 Å². The van der Waals surface area contributed by atoms with E-state index >= 15 is 0 Å². The molecule has 1 heterocycles. The normalized spacial score (nSPS) is 18.5. The molecule has 1 saturated heterocycles. The fourth-order valence-corrected chi connectivity index (χ4v) is 1.38. The summed E-state index contributed by atoms with van der Waals surface area (Å²) >= 11 is 0. The van der Waals surface area contributed by atoms with Crippen molar-refractivity contribution >= 4 is 5.91 Å². The van der Waals surface area contributed by atoms with E-state index in [0.29, 0.717) is 0 Å². The first-order chi connectivity index (χ1) is 5.34. The predicted molar refractivity (Wildman–Crippen MR) is 41.0 cm³/mol. The van der Waals surface area contributed by atoms with E-state index in [0.717, 1.165) is 25.9 Å². The summed E-state index contributed by atoms with van der Waals surface area (Å²) in [6, 6.07) is 0. The maximum absolute atomic E-state index is 11.8. The van der Waals surface area contributed by atoms with Gasteiger partial charge in [-0.3, -0.25) is 9.18 Å². The van der Waals surface area contributed by atoms with E-state index in [2.05, 4.69) is 0 Å². The number of hydrogen-bond donors (Lipinski definition) is 0. The van der Waals surface area contributed by atoms with E-state index in [-0.39, 0.29) is 12.3 Å². The van der Waals surface area contributed by atoms with Crippen molar-refractivity contribution in [3.63, 3.8) is 0 Å². The topological polar surface area (TPSA) is 20.3 Å². The van der Waals surface area contributed by atoms with Crippen LogP contribution in [0.15, 0.2) is 0 Å². The highest BCUT2D eigenvalue weighted by Crippen LogP contribution is 2.09. The third kappa shape index (κ3) is 2.48. The van der Waals surface area contributed by atoms with Gasteiger partial charge in [-0.25, -0.2) is 0 Å². The second kappa shape index (κ2) is 4.31. The van der Waals surface area contributed by atoms with Gasteiger partial charge in [0.05, 0.1) is 13.1 Å². The van der Waals surface area contributed by atoms with Gasteiger partial charge in [-0.2, -0.15) is 0 Å². The molecule has 1 amide bonds. The standard InChI is InChI=1S/C8H14FNO/c9-5-4-8(11)10-6-2-1-3-7-10/h1-7H2. The van der Waals surface area contributed by atoms with Crippen LogP contribution in [0.1, 0.15) is 25.7 Å². The van der Waals surface area contributed by atoms with Gasteiger partial charge in [0, 0.05) is 13.1 Å². The van der Waals surface area contributed by atoms with Gasteiger partial charge in [-0.1, -0.05) is 0 Å². The summed E-state index contributed by atoms with van der Waals surface area (Å²) in [5.41, 5.74) is 0. The van der Waals surface area contributed by atoms with Crippen LogP contribution < -0.4 is 0 Å². The van der Waals surface area contributed by atoms with Crippen LogP contribution in [0.2, 0.25) is 0 Å². The van der Waals surface area contributed by atoms with Crippen molar-refractivity contribution < 1.29 is 9.18 Å². The van der Waals surface area contributed by atoms with Crippen LogP contribution in [0.5, 0.6) is 0 Å². The van der Waals surface area contributed by atoms with E-state index in [4.69, 9.17) is 0 Å². The zero-order chi connectivity index (χ0) is 8.10. The number of amides is 1. The van der Waals surface area contributed by atoms with Crippen molar-refractivity contribution in [2.45, 2.75) is 25.7 Å². The maximum Gasteiger partial charge on any atom is 0.225 e. The van der Waals surface area contributed by atoms with Crippen molar-refractivity contribution in [3.8, 4) is 0 Å². The molecule has 0 aromatic heterocycles. The lowest BCUT2D eigenvalue weighted by atomic mass is 10.1. The molecule has 0 aromatic carbocycles. The van der Waals surface area contributed by atoms with Crippen LogP contribution >= 0.6 is 0 Å². The Balaban J connectivity index is 2.27. The first kappa shape index (κ1) is 8.50. The molecule has 1 rings (SSSR count). The number of piperidine rings is 1. The van der Waals surface area contributed by atoms with Crippen LogP contribution in [0.3, 0.4) is 0 Å². The lowest BCUT2D eigenvalue weighted by Gasteiger charge is -2.26. The molecule has 0 aromatic rings. The summed E-state index contributed by atoms with van der Waals surface area (Å²) in [6.07, 6.45) is 3.44. The summed E-state index contributed by atoms with van der Waals surface area (Å²) in [5, 5.41) is 0. The molecule has 0 spiro atoms. The van der Waals surface area contributed by atoms with Gasteiger partial charge in [-0.05, 0) is 19.3 Å². The minimum absolute atomic E-state index is 0.0211. The highest BCUT2D eigenvalue weighted by atomic mass is 19.1. The first-order valence-electron chi connectivity index (χ1n) is 4.18. The molecule has 0 radical (unpaired) electrons. The molecule has 0 saturated carbocycles. The number of alkyl halides is 1. The van der Waals surface area contributed by atoms with Crippen LogP contribution in [0, 0.1) is 0 Å². The highest BCUT2D eigenvalue weighted by molar-refractivity contribution is 5.76. The number of halogens is 1. The van der Waals surface area contributed by atoms with Crippen molar-refractivity contribution in [2.24, 2.45) is 0 Å². The first-order valence-corrected chi connectivity index (χ1v) is 4.18. The molecule has 1 aliphatic rings. The number of likely N-dealkylation sites (tertiary alicyclic amines) is 1. The van der Waals surface area contributed by atoms with Gasteiger partial charge in [0.25, 0.3) is 0 Å². The molecule has 1 aliphatic heterocycles. The Morgan fingerprint density at radius 2 is 1.91 bits per heavy atom. The van der Waals surface area contributed by atoms with Crippen molar-refractivity contribution in [1.82, 2.24) is 4.90 Å². The van der Waals surface area contributed by atoms with Gasteiger partial charge in [0.1, 0.15) is 0 Å². The molecule has 0 unspecified atom stereocenters. The van der Waals surface area contributed by atoms with Crippen LogP contribution in [0.4, 0.5) is 4.39 Å². The number of hydrogen-bond acceptors (Lipinski definition) is 1. The zero-order valence-electron chi connectivity index (χ0n) is 6.68. The van der Waals surface area contributed by atoms with Crippen molar-refractivity contribution in [3.05, 3.63) is 0 Å². The minimum atomic E-state index is -0.519. The molecule has 1 fully saturated rings. The molecule has 3 heteroatoms. The summed E-state index contributed by atoms with van der Waals surface area (Å²) in [7, 11) is 0. The molecule has 64 valence electrons. The zero-order valence-corrected chi connectivity index (χ0v) is 6.68. The molecule has 2 nitrogen and oxygen atoms in total. The Labute approximate surface area is 66.4 Å². The lowest BCUT2D eigenvalue weighted by molar-refractivity contribution is -0.132. The quantitative estimate of drug-likeness (QED) is 0.595. The van der Waals surface area contributed by atoms with Gasteiger partial charge >= 0.3 is 0 Å². The van der Waals surface area contributed by atoms with E-state index in [1.165, 1.54) is 6.42 Å². The number of rotatable bonds is 2. The number of nitrogens with zero attached hydrogens (tertiary/aromatic N) is 1.